The number of aromatic nitrogens is 2. The summed E-state index contributed by atoms with van der Waals surface area (Å²) in [5, 5.41) is 4.44. The molecule has 0 radical (unpaired) electrons. The van der Waals surface area contributed by atoms with Gasteiger partial charge in [-0.1, -0.05) is 13.8 Å². The van der Waals surface area contributed by atoms with Gasteiger partial charge in [-0.3, -0.25) is 4.68 Å². The Balaban J connectivity index is 2.95. The summed E-state index contributed by atoms with van der Waals surface area (Å²) in [6.45, 7) is 6.34. The van der Waals surface area contributed by atoms with E-state index in [1.165, 1.54) is 0 Å². The van der Waals surface area contributed by atoms with Gasteiger partial charge in [-0.2, -0.15) is 5.10 Å². The highest BCUT2D eigenvalue weighted by molar-refractivity contribution is 5.16. The third kappa shape index (κ3) is 2.10. The second-order valence-electron chi connectivity index (χ2n) is 3.72. The number of hydrogen-bond acceptors (Lipinski definition) is 2. The minimum Gasteiger partial charge on any atom is -0.323 e. The zero-order valence-electron chi connectivity index (χ0n) is 8.91. The molecule has 3 nitrogen and oxygen atoms in total. The maximum absolute atomic E-state index is 5.81. The van der Waals surface area contributed by atoms with Crippen LogP contribution in [-0.4, -0.2) is 9.78 Å². The van der Waals surface area contributed by atoms with Crippen LogP contribution in [0.1, 0.15) is 50.5 Å². The maximum atomic E-state index is 5.81. The Morgan fingerprint density at radius 2 is 2.15 bits per heavy atom. The highest BCUT2D eigenvalue weighted by Gasteiger charge is 2.12. The zero-order chi connectivity index (χ0) is 10.0. The number of aryl methyl sites for hydroxylation is 1. The van der Waals surface area contributed by atoms with Gasteiger partial charge in [0.15, 0.2) is 0 Å². The van der Waals surface area contributed by atoms with Gasteiger partial charge in [-0.05, 0) is 25.3 Å². The van der Waals surface area contributed by atoms with Crippen LogP contribution in [0.5, 0.6) is 0 Å². The van der Waals surface area contributed by atoms with E-state index in [4.69, 9.17) is 5.73 Å². The monoisotopic (exact) mass is 181 g/mol. The van der Waals surface area contributed by atoms with Crippen LogP contribution in [0.3, 0.4) is 0 Å². The van der Waals surface area contributed by atoms with E-state index in [0.29, 0.717) is 5.92 Å². The molecule has 13 heavy (non-hydrogen) atoms. The highest BCUT2D eigenvalue weighted by Crippen LogP contribution is 2.20. The minimum absolute atomic E-state index is 0.0651. The first kappa shape index (κ1) is 10.3. The van der Waals surface area contributed by atoms with Crippen molar-refractivity contribution in [2.24, 2.45) is 12.8 Å². The molecule has 0 saturated heterocycles. The molecule has 3 heteroatoms. The van der Waals surface area contributed by atoms with Crippen molar-refractivity contribution in [3.63, 3.8) is 0 Å². The fourth-order valence-corrected chi connectivity index (χ4v) is 1.38. The normalized spacial score (nSPS) is 15.8. The number of hydrogen-bond donors (Lipinski definition) is 1. The van der Waals surface area contributed by atoms with Gasteiger partial charge in [0.25, 0.3) is 0 Å². The Kier molecular flexibility index (Phi) is 3.09. The van der Waals surface area contributed by atoms with Crippen molar-refractivity contribution in [3.8, 4) is 0 Å². The summed E-state index contributed by atoms with van der Waals surface area (Å²) >= 11 is 0. The summed E-state index contributed by atoms with van der Waals surface area (Å²) in [7, 11) is 1.95. The summed E-state index contributed by atoms with van der Waals surface area (Å²) in [5.74, 6) is 0.527. The Hall–Kier alpha value is -0.830. The average molecular weight is 181 g/mol. The fourth-order valence-electron chi connectivity index (χ4n) is 1.38. The van der Waals surface area contributed by atoms with E-state index < -0.39 is 0 Å². The van der Waals surface area contributed by atoms with E-state index in [9.17, 15) is 0 Å². The van der Waals surface area contributed by atoms with Crippen molar-refractivity contribution in [2.75, 3.05) is 0 Å². The maximum Gasteiger partial charge on any atom is 0.0656 e. The summed E-state index contributed by atoms with van der Waals surface area (Å²) in [6.07, 6.45) is 1.12. The topological polar surface area (TPSA) is 43.8 Å². The van der Waals surface area contributed by atoms with Crippen LogP contribution >= 0.6 is 0 Å². The first-order chi connectivity index (χ1) is 6.06. The molecule has 2 N–H and O–H groups in total. The van der Waals surface area contributed by atoms with Crippen LogP contribution in [0.25, 0.3) is 0 Å². The van der Waals surface area contributed by atoms with E-state index in [0.717, 1.165) is 17.8 Å². The van der Waals surface area contributed by atoms with Crippen molar-refractivity contribution < 1.29 is 0 Å². The van der Waals surface area contributed by atoms with Crippen LogP contribution in [0.2, 0.25) is 0 Å². The zero-order valence-corrected chi connectivity index (χ0v) is 8.91. The molecule has 74 valence electrons. The van der Waals surface area contributed by atoms with Gasteiger partial charge in [0, 0.05) is 13.1 Å². The molecule has 0 aliphatic rings. The number of nitrogens with zero attached hydrogens (tertiary/aromatic N) is 2. The first-order valence-corrected chi connectivity index (χ1v) is 4.85. The Bertz CT molecular complexity index is 276. The predicted molar refractivity (Wildman–Crippen MR) is 54.5 cm³/mol. The van der Waals surface area contributed by atoms with E-state index in [1.54, 1.807) is 0 Å². The molecule has 2 atom stereocenters. The molecule has 0 saturated carbocycles. The van der Waals surface area contributed by atoms with Gasteiger partial charge >= 0.3 is 0 Å². The third-order valence-electron chi connectivity index (χ3n) is 2.52. The Morgan fingerprint density at radius 1 is 1.54 bits per heavy atom. The Labute approximate surface area is 79.9 Å². The van der Waals surface area contributed by atoms with Crippen LogP contribution in [0.15, 0.2) is 6.07 Å². The molecule has 0 aliphatic carbocycles. The van der Waals surface area contributed by atoms with Crippen molar-refractivity contribution in [3.05, 3.63) is 17.5 Å². The lowest BCUT2D eigenvalue weighted by atomic mass is 10.0. The smallest absolute Gasteiger partial charge is 0.0656 e. The molecule has 1 heterocycles. The fraction of sp³-hybridized carbons (Fsp3) is 0.700. The summed E-state index contributed by atoms with van der Waals surface area (Å²) in [4.78, 5) is 0. The standard InChI is InChI=1S/C10H19N3/c1-5-7(2)9-6-10(8(3)11)13(4)12-9/h6-8H,5,11H2,1-4H3/t7?,8-/m1/s1. The lowest BCUT2D eigenvalue weighted by Crippen LogP contribution is -2.10. The molecule has 1 aromatic heterocycles. The minimum atomic E-state index is 0.0651. The van der Waals surface area contributed by atoms with Crippen LogP contribution in [-0.2, 0) is 7.05 Å². The van der Waals surface area contributed by atoms with Gasteiger partial charge in [0.05, 0.1) is 11.4 Å². The molecular weight excluding hydrogens is 162 g/mol. The van der Waals surface area contributed by atoms with Crippen LogP contribution in [0, 0.1) is 0 Å². The summed E-state index contributed by atoms with van der Waals surface area (Å²) in [5.41, 5.74) is 8.07. The first-order valence-electron chi connectivity index (χ1n) is 4.85. The highest BCUT2D eigenvalue weighted by atomic mass is 15.3. The van der Waals surface area contributed by atoms with Crippen LogP contribution in [0.4, 0.5) is 0 Å². The van der Waals surface area contributed by atoms with Crippen molar-refractivity contribution >= 4 is 0 Å². The molecule has 1 rings (SSSR count). The second-order valence-corrected chi connectivity index (χ2v) is 3.72. The lowest BCUT2D eigenvalue weighted by molar-refractivity contribution is 0.629. The van der Waals surface area contributed by atoms with E-state index in [1.807, 2.05) is 18.7 Å². The lowest BCUT2D eigenvalue weighted by Gasteiger charge is -2.03. The van der Waals surface area contributed by atoms with Gasteiger partial charge in [-0.15, -0.1) is 0 Å². The van der Waals surface area contributed by atoms with Crippen LogP contribution < -0.4 is 5.73 Å². The van der Waals surface area contributed by atoms with Gasteiger partial charge in [0.1, 0.15) is 0 Å². The van der Waals surface area contributed by atoms with Crippen molar-refractivity contribution in [1.82, 2.24) is 9.78 Å². The quantitative estimate of drug-likeness (QED) is 0.774. The molecule has 0 spiro atoms. The largest absolute Gasteiger partial charge is 0.323 e. The summed E-state index contributed by atoms with van der Waals surface area (Å²) < 4.78 is 1.88. The summed E-state index contributed by atoms with van der Waals surface area (Å²) in [6, 6.07) is 2.18. The van der Waals surface area contributed by atoms with Gasteiger partial charge in [-0.25, -0.2) is 0 Å². The van der Waals surface area contributed by atoms with E-state index in [2.05, 4.69) is 25.0 Å². The molecular formula is C10H19N3. The number of rotatable bonds is 3. The average Bonchev–Trinajstić information content (AvgIpc) is 2.46. The molecule has 0 aliphatic heterocycles. The molecule has 0 fully saturated rings. The van der Waals surface area contributed by atoms with Gasteiger partial charge < -0.3 is 5.73 Å². The SMILES string of the molecule is CCC(C)c1cc([C@@H](C)N)n(C)n1. The van der Waals surface area contributed by atoms with Gasteiger partial charge in [0.2, 0.25) is 0 Å². The third-order valence-corrected chi connectivity index (χ3v) is 2.52. The predicted octanol–water partition coefficient (Wildman–Crippen LogP) is 1.95. The molecule has 1 unspecified atom stereocenters. The van der Waals surface area contributed by atoms with E-state index in [-0.39, 0.29) is 6.04 Å². The molecule has 0 aromatic carbocycles. The van der Waals surface area contributed by atoms with Crippen molar-refractivity contribution in [2.45, 2.75) is 39.2 Å². The molecule has 0 bridgehead atoms. The molecule has 1 aromatic rings. The second kappa shape index (κ2) is 3.92. The molecule has 0 amide bonds. The van der Waals surface area contributed by atoms with E-state index >= 15 is 0 Å². The Morgan fingerprint density at radius 3 is 2.54 bits per heavy atom. The number of nitrogens with two attached hydrogens (primary N) is 1. The van der Waals surface area contributed by atoms with Crippen molar-refractivity contribution in [1.29, 1.82) is 0 Å².